The molecular weight excluding hydrogens is 328 g/mol. The van der Waals surface area contributed by atoms with Crippen LogP contribution in [0.1, 0.15) is 17.4 Å². The largest absolute Gasteiger partial charge is 0.496 e. The van der Waals surface area contributed by atoms with E-state index in [0.29, 0.717) is 24.5 Å². The van der Waals surface area contributed by atoms with Crippen molar-refractivity contribution in [1.82, 2.24) is 19.7 Å². The van der Waals surface area contributed by atoms with Gasteiger partial charge in [0.1, 0.15) is 11.8 Å². The number of carbonyl (C=O) groups excluding carboxylic acids is 1. The highest BCUT2D eigenvalue weighted by atomic mass is 16.5. The van der Waals surface area contributed by atoms with E-state index in [1.165, 1.54) is 0 Å². The Morgan fingerprint density at radius 1 is 1.08 bits per heavy atom. The maximum atomic E-state index is 12.9. The summed E-state index contributed by atoms with van der Waals surface area (Å²) in [5.74, 6) is 2.23. The number of likely N-dealkylation sites (N-methyl/N-ethyl adjacent to an activating group) is 1. The van der Waals surface area contributed by atoms with Gasteiger partial charge in [-0.1, -0.05) is 42.5 Å². The van der Waals surface area contributed by atoms with Gasteiger partial charge in [-0.3, -0.25) is 9.36 Å². The lowest BCUT2D eigenvalue weighted by atomic mass is 10.0. The molecule has 1 amide bonds. The monoisotopic (exact) mass is 348 g/mol. The number of ether oxygens (including phenoxy) is 1. The van der Waals surface area contributed by atoms with Gasteiger partial charge < -0.3 is 9.64 Å². The number of fused-ring (bicyclic) bond motifs is 1. The zero-order chi connectivity index (χ0) is 18.1. The first kappa shape index (κ1) is 16.3. The summed E-state index contributed by atoms with van der Waals surface area (Å²) in [5, 5.41) is 8.74. The standard InChI is InChI=1S/C20H20N4O2/c1-23-13-18-21-22-19(15-10-6-7-11-17(15)26-2)24(18)16(20(23)25)12-14-8-4-3-5-9-14/h3-11,16H,12-13H2,1-2H3/t16-/m0/s1. The van der Waals surface area contributed by atoms with Crippen LogP contribution >= 0.6 is 0 Å². The van der Waals surface area contributed by atoms with Crippen LogP contribution in [0, 0.1) is 0 Å². The molecule has 6 heteroatoms. The van der Waals surface area contributed by atoms with E-state index in [4.69, 9.17) is 4.74 Å². The molecule has 0 radical (unpaired) electrons. The second kappa shape index (κ2) is 6.63. The Bertz CT molecular complexity index is 936. The average Bonchev–Trinajstić information content (AvgIpc) is 3.09. The van der Waals surface area contributed by atoms with Crippen molar-refractivity contribution in [3.05, 3.63) is 66.0 Å². The van der Waals surface area contributed by atoms with Gasteiger partial charge in [-0.15, -0.1) is 10.2 Å². The Morgan fingerprint density at radius 3 is 2.58 bits per heavy atom. The van der Waals surface area contributed by atoms with Crippen LogP contribution in [-0.2, 0) is 17.8 Å². The molecule has 2 heterocycles. The molecule has 1 aliphatic heterocycles. The van der Waals surface area contributed by atoms with Crippen LogP contribution in [0.5, 0.6) is 5.75 Å². The van der Waals surface area contributed by atoms with Gasteiger partial charge in [0.2, 0.25) is 5.91 Å². The van der Waals surface area contributed by atoms with Gasteiger partial charge in [0, 0.05) is 13.5 Å². The van der Waals surface area contributed by atoms with E-state index in [2.05, 4.69) is 10.2 Å². The third-order valence-electron chi connectivity index (χ3n) is 4.74. The van der Waals surface area contributed by atoms with Gasteiger partial charge in [-0.25, -0.2) is 0 Å². The first-order chi connectivity index (χ1) is 12.7. The number of hydrogen-bond acceptors (Lipinski definition) is 4. The third kappa shape index (κ3) is 2.73. The number of nitrogens with zero attached hydrogens (tertiary/aromatic N) is 4. The van der Waals surface area contributed by atoms with Crippen molar-refractivity contribution in [3.63, 3.8) is 0 Å². The molecule has 0 N–H and O–H groups in total. The Balaban J connectivity index is 1.83. The lowest BCUT2D eigenvalue weighted by molar-refractivity contribution is -0.135. The van der Waals surface area contributed by atoms with Crippen LogP contribution in [0.4, 0.5) is 0 Å². The summed E-state index contributed by atoms with van der Waals surface area (Å²) in [7, 11) is 3.44. The summed E-state index contributed by atoms with van der Waals surface area (Å²) in [5.41, 5.74) is 1.94. The highest BCUT2D eigenvalue weighted by Gasteiger charge is 2.35. The predicted octanol–water partition coefficient (Wildman–Crippen LogP) is 2.71. The Hall–Kier alpha value is -3.15. The van der Waals surface area contributed by atoms with E-state index in [0.717, 1.165) is 17.0 Å². The van der Waals surface area contributed by atoms with Gasteiger partial charge in [-0.2, -0.15) is 0 Å². The number of hydrogen-bond donors (Lipinski definition) is 0. The second-order valence-corrected chi connectivity index (χ2v) is 6.41. The molecule has 4 rings (SSSR count). The molecule has 0 fully saturated rings. The topological polar surface area (TPSA) is 60.3 Å². The Labute approximate surface area is 152 Å². The van der Waals surface area contributed by atoms with Crippen LogP contribution < -0.4 is 4.74 Å². The average molecular weight is 348 g/mol. The molecule has 2 aromatic carbocycles. The minimum atomic E-state index is -0.374. The number of benzene rings is 2. The minimum absolute atomic E-state index is 0.0669. The van der Waals surface area contributed by atoms with Crippen LogP contribution in [0.2, 0.25) is 0 Å². The lowest BCUT2D eigenvalue weighted by Gasteiger charge is -2.31. The Morgan fingerprint density at radius 2 is 1.81 bits per heavy atom. The van der Waals surface area contributed by atoms with E-state index < -0.39 is 0 Å². The van der Waals surface area contributed by atoms with Crippen molar-refractivity contribution in [1.29, 1.82) is 0 Å². The fourth-order valence-electron chi connectivity index (χ4n) is 3.44. The number of aromatic nitrogens is 3. The van der Waals surface area contributed by atoms with Crippen LogP contribution in [0.25, 0.3) is 11.4 Å². The Kier molecular flexibility index (Phi) is 4.16. The van der Waals surface area contributed by atoms with Crippen LogP contribution in [-0.4, -0.2) is 39.7 Å². The maximum absolute atomic E-state index is 12.9. The lowest BCUT2D eigenvalue weighted by Crippen LogP contribution is -2.41. The molecule has 26 heavy (non-hydrogen) atoms. The fraction of sp³-hybridized carbons (Fsp3) is 0.250. The molecule has 0 bridgehead atoms. The van der Waals surface area contributed by atoms with E-state index in [1.54, 1.807) is 19.1 Å². The molecule has 0 spiro atoms. The molecule has 3 aromatic rings. The predicted molar refractivity (Wildman–Crippen MR) is 97.7 cm³/mol. The molecule has 6 nitrogen and oxygen atoms in total. The highest BCUT2D eigenvalue weighted by Crippen LogP contribution is 2.34. The maximum Gasteiger partial charge on any atom is 0.246 e. The number of amides is 1. The molecular formula is C20H20N4O2. The number of carbonyl (C=O) groups is 1. The van der Waals surface area contributed by atoms with Gasteiger partial charge in [0.05, 0.1) is 19.2 Å². The summed E-state index contributed by atoms with van der Waals surface area (Å²) >= 11 is 0. The van der Waals surface area contributed by atoms with Crippen molar-refractivity contribution in [3.8, 4) is 17.1 Å². The first-order valence-electron chi connectivity index (χ1n) is 8.55. The van der Waals surface area contributed by atoms with Crippen molar-refractivity contribution in [2.45, 2.75) is 19.0 Å². The minimum Gasteiger partial charge on any atom is -0.496 e. The van der Waals surface area contributed by atoms with Crippen molar-refractivity contribution in [2.24, 2.45) is 0 Å². The number of rotatable bonds is 4. The van der Waals surface area contributed by atoms with Crippen molar-refractivity contribution < 1.29 is 9.53 Å². The van der Waals surface area contributed by atoms with E-state index in [1.807, 2.05) is 59.2 Å². The van der Waals surface area contributed by atoms with Crippen LogP contribution in [0.15, 0.2) is 54.6 Å². The fourth-order valence-corrected chi connectivity index (χ4v) is 3.44. The smallest absolute Gasteiger partial charge is 0.246 e. The zero-order valence-electron chi connectivity index (χ0n) is 14.8. The number of para-hydroxylation sites is 1. The summed E-state index contributed by atoms with van der Waals surface area (Å²) in [6.45, 7) is 0.451. The van der Waals surface area contributed by atoms with Crippen LogP contribution in [0.3, 0.4) is 0 Å². The summed E-state index contributed by atoms with van der Waals surface area (Å²) < 4.78 is 7.45. The van der Waals surface area contributed by atoms with Gasteiger partial charge in [0.25, 0.3) is 0 Å². The molecule has 1 aliphatic rings. The molecule has 132 valence electrons. The van der Waals surface area contributed by atoms with E-state index in [-0.39, 0.29) is 11.9 Å². The highest BCUT2D eigenvalue weighted by molar-refractivity contribution is 5.82. The second-order valence-electron chi connectivity index (χ2n) is 6.41. The van der Waals surface area contributed by atoms with E-state index >= 15 is 0 Å². The summed E-state index contributed by atoms with van der Waals surface area (Å²) in [4.78, 5) is 14.7. The van der Waals surface area contributed by atoms with E-state index in [9.17, 15) is 4.79 Å². The molecule has 0 saturated carbocycles. The number of methoxy groups -OCH3 is 1. The van der Waals surface area contributed by atoms with Gasteiger partial charge in [-0.05, 0) is 17.7 Å². The van der Waals surface area contributed by atoms with Gasteiger partial charge in [0.15, 0.2) is 11.6 Å². The zero-order valence-corrected chi connectivity index (χ0v) is 14.8. The SMILES string of the molecule is COc1ccccc1-c1nnc2n1[C@@H](Cc1ccccc1)C(=O)N(C)C2. The summed E-state index contributed by atoms with van der Waals surface area (Å²) in [6, 6.07) is 17.3. The third-order valence-corrected chi connectivity index (χ3v) is 4.74. The molecule has 1 atom stereocenters. The van der Waals surface area contributed by atoms with Gasteiger partial charge >= 0.3 is 0 Å². The first-order valence-corrected chi connectivity index (χ1v) is 8.55. The summed E-state index contributed by atoms with van der Waals surface area (Å²) in [6.07, 6.45) is 0.594. The quantitative estimate of drug-likeness (QED) is 0.727. The van der Waals surface area contributed by atoms with Crippen molar-refractivity contribution >= 4 is 5.91 Å². The molecule has 1 aromatic heterocycles. The molecule has 0 unspecified atom stereocenters. The molecule has 0 saturated heterocycles. The molecule has 0 aliphatic carbocycles. The van der Waals surface area contributed by atoms with Crippen molar-refractivity contribution in [2.75, 3.05) is 14.2 Å². The normalized spacial score (nSPS) is 16.5.